The lowest BCUT2D eigenvalue weighted by Crippen LogP contribution is -2.40. The highest BCUT2D eigenvalue weighted by Gasteiger charge is 2.25. The number of hydrogen-bond donors (Lipinski definition) is 1. The van der Waals surface area contributed by atoms with Gasteiger partial charge in [0.2, 0.25) is 0 Å². The molecule has 0 aromatic carbocycles. The molecule has 0 saturated heterocycles. The van der Waals surface area contributed by atoms with Crippen molar-refractivity contribution in [2.75, 3.05) is 47.5 Å². The van der Waals surface area contributed by atoms with Crippen molar-refractivity contribution in [3.8, 4) is 0 Å². The number of rotatable bonds is 49. The SMILES string of the molecule is CCCCC/C=C\C/C=C\CCCCCCCC(=O)OC(COC(=O)CCCCCCCCCCCCCCCCCCCCCCCCC)COC(OCC[N+](C)(C)C)C(=O)O. The van der Waals surface area contributed by atoms with Gasteiger partial charge in [0.15, 0.2) is 6.10 Å². The monoisotopic (exact) mass is 893 g/mol. The third-order valence-corrected chi connectivity index (χ3v) is 11.7. The molecule has 0 heterocycles. The molecule has 0 saturated carbocycles. The molecule has 0 aliphatic rings. The lowest BCUT2D eigenvalue weighted by atomic mass is 10.0. The van der Waals surface area contributed by atoms with Crippen LogP contribution >= 0.6 is 0 Å². The van der Waals surface area contributed by atoms with Crippen LogP contribution in [0.2, 0.25) is 0 Å². The summed E-state index contributed by atoms with van der Waals surface area (Å²) in [5, 5.41) is 9.67. The number of hydrogen-bond acceptors (Lipinski definition) is 7. The van der Waals surface area contributed by atoms with Crippen molar-refractivity contribution in [2.45, 2.75) is 257 Å². The zero-order valence-electron chi connectivity index (χ0n) is 42.0. The van der Waals surface area contributed by atoms with Crippen molar-refractivity contribution in [2.24, 2.45) is 0 Å². The van der Waals surface area contributed by atoms with E-state index in [1.165, 1.54) is 154 Å². The molecule has 2 unspecified atom stereocenters. The van der Waals surface area contributed by atoms with E-state index in [-0.39, 0.29) is 32.2 Å². The van der Waals surface area contributed by atoms with Gasteiger partial charge in [0.1, 0.15) is 13.2 Å². The summed E-state index contributed by atoms with van der Waals surface area (Å²) < 4.78 is 22.8. The molecule has 0 amide bonds. The van der Waals surface area contributed by atoms with Gasteiger partial charge in [-0.3, -0.25) is 9.59 Å². The average molecular weight is 893 g/mol. The number of nitrogens with zero attached hydrogens (tertiary/aromatic N) is 1. The molecule has 0 aliphatic carbocycles. The second-order valence-corrected chi connectivity index (χ2v) is 19.2. The minimum atomic E-state index is -1.51. The molecule has 0 aromatic rings. The van der Waals surface area contributed by atoms with Crippen molar-refractivity contribution >= 4 is 17.9 Å². The molecule has 0 spiro atoms. The number of quaternary nitrogens is 1. The predicted molar refractivity (Wildman–Crippen MR) is 263 cm³/mol. The Bertz CT molecular complexity index is 1090. The normalized spacial score (nSPS) is 13.0. The lowest BCUT2D eigenvalue weighted by Gasteiger charge is -2.25. The van der Waals surface area contributed by atoms with Crippen LogP contribution in [-0.4, -0.2) is 87.4 Å². The highest BCUT2D eigenvalue weighted by Crippen LogP contribution is 2.17. The van der Waals surface area contributed by atoms with Gasteiger partial charge in [-0.05, 0) is 44.9 Å². The maximum absolute atomic E-state index is 12.8. The van der Waals surface area contributed by atoms with Gasteiger partial charge in [-0.15, -0.1) is 0 Å². The number of allylic oxidation sites excluding steroid dienone is 4. The zero-order valence-corrected chi connectivity index (χ0v) is 42.0. The van der Waals surface area contributed by atoms with Gasteiger partial charge >= 0.3 is 17.9 Å². The van der Waals surface area contributed by atoms with Crippen LogP contribution in [0.15, 0.2) is 24.3 Å². The van der Waals surface area contributed by atoms with E-state index in [4.69, 9.17) is 18.9 Å². The van der Waals surface area contributed by atoms with Crippen molar-refractivity contribution in [1.29, 1.82) is 0 Å². The Hall–Kier alpha value is -2.23. The molecule has 0 aromatic heterocycles. The Morgan fingerprint density at radius 2 is 0.857 bits per heavy atom. The fourth-order valence-corrected chi connectivity index (χ4v) is 7.57. The Labute approximate surface area is 388 Å². The number of carboxylic acids is 1. The van der Waals surface area contributed by atoms with Gasteiger partial charge in [-0.1, -0.05) is 212 Å². The Kier molecular flexibility index (Phi) is 44.7. The van der Waals surface area contributed by atoms with Gasteiger partial charge in [0.25, 0.3) is 6.29 Å². The maximum Gasteiger partial charge on any atom is 0.361 e. The van der Waals surface area contributed by atoms with E-state index in [2.05, 4.69) is 38.2 Å². The molecule has 9 heteroatoms. The molecule has 370 valence electrons. The van der Waals surface area contributed by atoms with E-state index < -0.39 is 24.3 Å². The Morgan fingerprint density at radius 1 is 0.476 bits per heavy atom. The van der Waals surface area contributed by atoms with E-state index >= 15 is 0 Å². The molecule has 2 atom stereocenters. The van der Waals surface area contributed by atoms with Gasteiger partial charge in [-0.25, -0.2) is 4.79 Å². The van der Waals surface area contributed by atoms with E-state index in [9.17, 15) is 19.5 Å². The van der Waals surface area contributed by atoms with Gasteiger partial charge in [-0.2, -0.15) is 0 Å². The first kappa shape index (κ1) is 60.8. The van der Waals surface area contributed by atoms with Crippen LogP contribution in [0.5, 0.6) is 0 Å². The van der Waals surface area contributed by atoms with Gasteiger partial charge in [0, 0.05) is 12.8 Å². The summed E-state index contributed by atoms with van der Waals surface area (Å²) in [4.78, 5) is 37.3. The fourth-order valence-electron chi connectivity index (χ4n) is 7.57. The number of carboxylic acid groups (broad SMARTS) is 1. The highest BCUT2D eigenvalue weighted by atomic mass is 16.7. The summed E-state index contributed by atoms with van der Waals surface area (Å²) in [7, 11) is 5.96. The van der Waals surface area contributed by atoms with Crippen LogP contribution in [0.3, 0.4) is 0 Å². The van der Waals surface area contributed by atoms with Crippen LogP contribution in [0.1, 0.15) is 245 Å². The quantitative estimate of drug-likeness (QED) is 0.0211. The predicted octanol–water partition coefficient (Wildman–Crippen LogP) is 14.8. The molecular formula is C54H102NO8+. The number of aliphatic carboxylic acids is 1. The van der Waals surface area contributed by atoms with Crippen LogP contribution in [0, 0.1) is 0 Å². The molecule has 1 N–H and O–H groups in total. The molecule has 0 radical (unpaired) electrons. The Balaban J connectivity index is 4.25. The lowest BCUT2D eigenvalue weighted by molar-refractivity contribution is -0.870. The standard InChI is InChI=1S/C54H101NO8/c1-6-8-10-12-14-16-18-20-22-23-24-25-26-27-28-29-31-32-34-36-38-40-42-44-51(56)61-48-50(49-62-54(53(58)59)60-47-46-55(3,4)5)63-52(57)45-43-41-39-37-35-33-30-21-19-17-15-13-11-9-7-2/h15,17,21,30,50,54H,6-14,16,18-20,22-29,31-49H2,1-5H3/p+1/b17-15-,30-21-. The fraction of sp³-hybridized carbons (Fsp3) is 0.870. The van der Waals surface area contributed by atoms with Crippen molar-refractivity contribution < 1.29 is 42.9 Å². The van der Waals surface area contributed by atoms with Crippen LogP contribution < -0.4 is 0 Å². The number of carbonyl (C=O) groups excluding carboxylic acids is 2. The van der Waals surface area contributed by atoms with Crippen molar-refractivity contribution in [1.82, 2.24) is 0 Å². The average Bonchev–Trinajstić information content (AvgIpc) is 3.24. The third kappa shape index (κ3) is 47.5. The van der Waals surface area contributed by atoms with E-state index in [1.54, 1.807) is 0 Å². The van der Waals surface area contributed by atoms with E-state index in [0.717, 1.165) is 57.8 Å². The summed E-state index contributed by atoms with van der Waals surface area (Å²) in [6, 6.07) is 0. The summed E-state index contributed by atoms with van der Waals surface area (Å²) in [6.07, 6.45) is 49.6. The summed E-state index contributed by atoms with van der Waals surface area (Å²) in [5.74, 6) is -2.01. The number of esters is 2. The third-order valence-electron chi connectivity index (χ3n) is 11.7. The van der Waals surface area contributed by atoms with E-state index in [1.807, 2.05) is 21.1 Å². The smallest absolute Gasteiger partial charge is 0.361 e. The number of unbranched alkanes of at least 4 members (excludes halogenated alkanes) is 30. The highest BCUT2D eigenvalue weighted by molar-refractivity contribution is 5.71. The minimum absolute atomic E-state index is 0.183. The minimum Gasteiger partial charge on any atom is -0.477 e. The summed E-state index contributed by atoms with van der Waals surface area (Å²) in [5.41, 5.74) is 0. The number of likely N-dealkylation sites (N-methyl/N-ethyl adjacent to an activating group) is 1. The zero-order chi connectivity index (χ0) is 46.3. The second-order valence-electron chi connectivity index (χ2n) is 19.2. The van der Waals surface area contributed by atoms with Crippen LogP contribution in [-0.2, 0) is 33.3 Å². The largest absolute Gasteiger partial charge is 0.477 e. The summed E-state index contributed by atoms with van der Waals surface area (Å²) in [6.45, 7) is 4.86. The van der Waals surface area contributed by atoms with E-state index in [0.29, 0.717) is 23.9 Å². The molecule has 0 fully saturated rings. The van der Waals surface area contributed by atoms with Gasteiger partial charge < -0.3 is 28.5 Å². The first-order valence-corrected chi connectivity index (χ1v) is 26.5. The first-order chi connectivity index (χ1) is 30.6. The van der Waals surface area contributed by atoms with Crippen molar-refractivity contribution in [3.63, 3.8) is 0 Å². The van der Waals surface area contributed by atoms with Crippen LogP contribution in [0.25, 0.3) is 0 Å². The molecule has 0 bridgehead atoms. The first-order valence-electron chi connectivity index (χ1n) is 26.5. The second kappa shape index (κ2) is 46.3. The van der Waals surface area contributed by atoms with Gasteiger partial charge in [0.05, 0.1) is 34.4 Å². The summed E-state index contributed by atoms with van der Waals surface area (Å²) >= 11 is 0. The molecule has 0 rings (SSSR count). The number of carbonyl (C=O) groups is 3. The maximum atomic E-state index is 12.8. The molecular weight excluding hydrogens is 791 g/mol. The molecule has 63 heavy (non-hydrogen) atoms. The van der Waals surface area contributed by atoms with Crippen molar-refractivity contribution in [3.05, 3.63) is 24.3 Å². The Morgan fingerprint density at radius 3 is 1.29 bits per heavy atom. The number of ether oxygens (including phenoxy) is 4. The molecule has 9 nitrogen and oxygen atoms in total. The topological polar surface area (TPSA) is 108 Å². The molecule has 0 aliphatic heterocycles. The van der Waals surface area contributed by atoms with Crippen LogP contribution in [0.4, 0.5) is 0 Å².